The van der Waals surface area contributed by atoms with Crippen LogP contribution in [0.3, 0.4) is 0 Å². The zero-order chi connectivity index (χ0) is 18.0. The van der Waals surface area contributed by atoms with Crippen LogP contribution in [0.25, 0.3) is 11.3 Å². The molecule has 0 aliphatic carbocycles. The Bertz CT molecular complexity index is 896. The van der Waals surface area contributed by atoms with Gasteiger partial charge in [0.05, 0.1) is 49.8 Å². The molecule has 1 saturated heterocycles. The summed E-state index contributed by atoms with van der Waals surface area (Å²) in [6.45, 7) is -0.0425. The van der Waals surface area contributed by atoms with Gasteiger partial charge in [-0.25, -0.2) is 27.2 Å². The van der Waals surface area contributed by atoms with E-state index in [0.717, 1.165) is 11.2 Å². The van der Waals surface area contributed by atoms with Crippen LogP contribution < -0.4 is 5.32 Å². The van der Waals surface area contributed by atoms with E-state index in [9.17, 15) is 18.0 Å². The molecule has 0 saturated carbocycles. The SMILES string of the molecule is CS(=O)(=O)N1CCN(C(=O)NCc2nccnc2-c2ccoc2)C1=O. The molecule has 3 rings (SSSR count). The van der Waals surface area contributed by atoms with E-state index in [0.29, 0.717) is 21.3 Å². The van der Waals surface area contributed by atoms with Crippen molar-refractivity contribution < 1.29 is 22.4 Å². The van der Waals surface area contributed by atoms with Gasteiger partial charge in [-0.2, -0.15) is 0 Å². The molecule has 1 aliphatic rings. The molecule has 1 fully saturated rings. The third-order valence-electron chi connectivity index (χ3n) is 3.59. The van der Waals surface area contributed by atoms with Gasteiger partial charge in [0.1, 0.15) is 0 Å². The van der Waals surface area contributed by atoms with Crippen LogP contribution in [-0.2, 0) is 16.6 Å². The quantitative estimate of drug-likeness (QED) is 0.843. The lowest BCUT2D eigenvalue weighted by molar-refractivity contribution is 0.193. The van der Waals surface area contributed by atoms with Crippen molar-refractivity contribution in [2.45, 2.75) is 6.54 Å². The maximum atomic E-state index is 12.2. The van der Waals surface area contributed by atoms with Gasteiger partial charge >= 0.3 is 12.1 Å². The number of carbonyl (C=O) groups is 2. The summed E-state index contributed by atoms with van der Waals surface area (Å²) in [7, 11) is -3.69. The van der Waals surface area contributed by atoms with E-state index in [2.05, 4.69) is 15.3 Å². The number of nitrogens with one attached hydrogen (secondary N) is 1. The highest BCUT2D eigenvalue weighted by molar-refractivity contribution is 7.88. The Morgan fingerprint density at radius 1 is 1.32 bits per heavy atom. The Labute approximate surface area is 143 Å². The average Bonchev–Trinajstić information content (AvgIpc) is 3.22. The Balaban J connectivity index is 1.69. The second-order valence-electron chi connectivity index (χ2n) is 5.29. The van der Waals surface area contributed by atoms with Gasteiger partial charge in [0.2, 0.25) is 10.0 Å². The molecule has 0 atom stereocenters. The van der Waals surface area contributed by atoms with Gasteiger partial charge in [0.15, 0.2) is 0 Å². The van der Waals surface area contributed by atoms with Crippen molar-refractivity contribution in [1.82, 2.24) is 24.5 Å². The number of urea groups is 2. The molecule has 2 aromatic rings. The van der Waals surface area contributed by atoms with E-state index >= 15 is 0 Å². The Hall–Kier alpha value is -2.95. The number of furan rings is 1. The zero-order valence-corrected chi connectivity index (χ0v) is 14.1. The van der Waals surface area contributed by atoms with E-state index in [-0.39, 0.29) is 19.6 Å². The minimum Gasteiger partial charge on any atom is -0.472 e. The highest BCUT2D eigenvalue weighted by Crippen LogP contribution is 2.20. The van der Waals surface area contributed by atoms with Crippen molar-refractivity contribution in [1.29, 1.82) is 0 Å². The monoisotopic (exact) mass is 365 g/mol. The molecule has 0 spiro atoms. The second-order valence-corrected chi connectivity index (χ2v) is 7.20. The summed E-state index contributed by atoms with van der Waals surface area (Å²) in [6, 6.07) is 0.151. The summed E-state index contributed by atoms with van der Waals surface area (Å²) < 4.78 is 28.7. The summed E-state index contributed by atoms with van der Waals surface area (Å²) in [4.78, 5) is 33.5. The minimum atomic E-state index is -3.69. The fraction of sp³-hybridized carbons (Fsp3) is 0.286. The number of nitrogens with zero attached hydrogens (tertiary/aromatic N) is 4. The summed E-state index contributed by atoms with van der Waals surface area (Å²) in [5.41, 5.74) is 1.74. The van der Waals surface area contributed by atoms with Gasteiger partial charge < -0.3 is 9.73 Å². The van der Waals surface area contributed by atoms with Gasteiger partial charge in [-0.15, -0.1) is 0 Å². The van der Waals surface area contributed by atoms with Gasteiger partial charge in [-0.05, 0) is 6.07 Å². The maximum Gasteiger partial charge on any atom is 0.341 e. The lowest BCUT2D eigenvalue weighted by atomic mass is 10.2. The third kappa shape index (κ3) is 3.45. The number of amides is 4. The molecular weight excluding hydrogens is 350 g/mol. The standard InChI is InChI=1S/C14H15N5O5S/c1-25(22,23)19-6-5-18(14(19)21)13(20)17-8-11-12(16-4-3-15-11)10-2-7-24-9-10/h2-4,7,9H,5-6,8H2,1H3,(H,17,20). The Morgan fingerprint density at radius 2 is 2.08 bits per heavy atom. The number of aromatic nitrogens is 2. The molecule has 0 aromatic carbocycles. The molecule has 25 heavy (non-hydrogen) atoms. The van der Waals surface area contributed by atoms with Crippen LogP contribution in [0.15, 0.2) is 35.4 Å². The van der Waals surface area contributed by atoms with E-state index in [1.807, 2.05) is 0 Å². The average molecular weight is 365 g/mol. The lowest BCUT2D eigenvalue weighted by Gasteiger charge is -2.16. The van der Waals surface area contributed by atoms with Crippen molar-refractivity contribution in [3.63, 3.8) is 0 Å². The van der Waals surface area contributed by atoms with E-state index in [4.69, 9.17) is 4.42 Å². The highest BCUT2D eigenvalue weighted by Gasteiger charge is 2.38. The van der Waals surface area contributed by atoms with Crippen LogP contribution in [0, 0.1) is 0 Å². The molecule has 132 valence electrons. The lowest BCUT2D eigenvalue weighted by Crippen LogP contribution is -2.43. The van der Waals surface area contributed by atoms with Crippen LogP contribution in [0.4, 0.5) is 9.59 Å². The smallest absolute Gasteiger partial charge is 0.341 e. The molecule has 10 nitrogen and oxygen atoms in total. The number of imide groups is 1. The summed E-state index contributed by atoms with van der Waals surface area (Å²) in [5.74, 6) is 0. The zero-order valence-electron chi connectivity index (χ0n) is 13.2. The third-order valence-corrected chi connectivity index (χ3v) is 4.73. The number of hydrogen-bond donors (Lipinski definition) is 1. The van der Waals surface area contributed by atoms with E-state index < -0.39 is 22.1 Å². The number of sulfonamides is 1. The normalized spacial score (nSPS) is 14.8. The van der Waals surface area contributed by atoms with Crippen molar-refractivity contribution in [3.8, 4) is 11.3 Å². The van der Waals surface area contributed by atoms with Crippen molar-refractivity contribution in [3.05, 3.63) is 36.7 Å². The summed E-state index contributed by atoms with van der Waals surface area (Å²) in [5, 5.41) is 2.56. The molecule has 4 amide bonds. The predicted octanol–water partition coefficient (Wildman–Crippen LogP) is 0.643. The Morgan fingerprint density at radius 3 is 2.72 bits per heavy atom. The van der Waals surface area contributed by atoms with E-state index in [1.165, 1.54) is 24.9 Å². The van der Waals surface area contributed by atoms with Crippen LogP contribution in [0.1, 0.15) is 5.69 Å². The molecule has 2 aromatic heterocycles. The van der Waals surface area contributed by atoms with Gasteiger partial charge in [0.25, 0.3) is 0 Å². The molecule has 1 aliphatic heterocycles. The first-order chi connectivity index (χ1) is 11.9. The predicted molar refractivity (Wildman–Crippen MR) is 85.6 cm³/mol. The summed E-state index contributed by atoms with van der Waals surface area (Å²) in [6.07, 6.45) is 6.92. The molecule has 0 radical (unpaired) electrons. The molecular formula is C14H15N5O5S. The summed E-state index contributed by atoms with van der Waals surface area (Å²) >= 11 is 0. The van der Waals surface area contributed by atoms with Gasteiger partial charge in [-0.3, -0.25) is 9.97 Å². The highest BCUT2D eigenvalue weighted by atomic mass is 32.2. The van der Waals surface area contributed by atoms with E-state index in [1.54, 1.807) is 6.07 Å². The molecule has 11 heteroatoms. The second kappa shape index (κ2) is 6.51. The fourth-order valence-electron chi connectivity index (χ4n) is 2.40. The largest absolute Gasteiger partial charge is 0.472 e. The number of rotatable bonds is 4. The Kier molecular flexibility index (Phi) is 4.40. The molecule has 1 N–H and O–H groups in total. The van der Waals surface area contributed by atoms with Gasteiger partial charge in [0, 0.05) is 18.0 Å². The first-order valence-electron chi connectivity index (χ1n) is 7.27. The topological polar surface area (TPSA) is 126 Å². The van der Waals surface area contributed by atoms with Crippen LogP contribution >= 0.6 is 0 Å². The fourth-order valence-corrected chi connectivity index (χ4v) is 3.20. The van der Waals surface area contributed by atoms with Crippen LogP contribution in [0.2, 0.25) is 0 Å². The number of hydrogen-bond acceptors (Lipinski definition) is 7. The van der Waals surface area contributed by atoms with Gasteiger partial charge in [-0.1, -0.05) is 0 Å². The van der Waals surface area contributed by atoms with Crippen LogP contribution in [0.5, 0.6) is 0 Å². The van der Waals surface area contributed by atoms with Crippen molar-refractivity contribution in [2.75, 3.05) is 19.3 Å². The molecule has 3 heterocycles. The number of carbonyl (C=O) groups excluding carboxylic acids is 2. The first-order valence-corrected chi connectivity index (χ1v) is 9.12. The van der Waals surface area contributed by atoms with Crippen LogP contribution in [-0.4, -0.2) is 59.0 Å². The molecule has 0 unspecified atom stereocenters. The molecule has 0 bridgehead atoms. The van der Waals surface area contributed by atoms with Crippen molar-refractivity contribution in [2.24, 2.45) is 0 Å². The first kappa shape index (κ1) is 16.9. The van der Waals surface area contributed by atoms with Crippen molar-refractivity contribution >= 4 is 22.1 Å². The minimum absolute atomic E-state index is 0.00715. The maximum absolute atomic E-state index is 12.2.